The fraction of sp³-hybridized carbons (Fsp3) is 0.286. The van der Waals surface area contributed by atoms with Gasteiger partial charge in [0.2, 0.25) is 11.8 Å². The van der Waals surface area contributed by atoms with Crippen molar-refractivity contribution in [2.45, 2.75) is 40.3 Å². The van der Waals surface area contributed by atoms with Crippen LogP contribution in [-0.4, -0.2) is 26.3 Å². The number of thiocarbonyl (C=S) groups is 1. The summed E-state index contributed by atoms with van der Waals surface area (Å²) in [5.41, 5.74) is 4.23. The van der Waals surface area contributed by atoms with Gasteiger partial charge in [-0.25, -0.2) is 0 Å². The van der Waals surface area contributed by atoms with Crippen molar-refractivity contribution in [3.05, 3.63) is 64.5 Å². The molecule has 1 aromatic heterocycles. The zero-order chi connectivity index (χ0) is 20.3. The largest absolute Gasteiger partial charge is 0.419 e. The van der Waals surface area contributed by atoms with Gasteiger partial charge < -0.3 is 14.6 Å². The maximum Gasteiger partial charge on any atom is 0.247 e. The molecule has 0 fully saturated rings. The second-order valence-electron chi connectivity index (χ2n) is 6.91. The highest BCUT2D eigenvalue weighted by atomic mass is 35.5. The number of hydrogen-bond acceptors (Lipinski definition) is 4. The van der Waals surface area contributed by atoms with Crippen molar-refractivity contribution < 1.29 is 4.42 Å². The molecule has 146 valence electrons. The molecular formula is C21H23ClN4OS. The smallest absolute Gasteiger partial charge is 0.247 e. The van der Waals surface area contributed by atoms with Gasteiger partial charge in [-0.15, -0.1) is 10.2 Å². The molecule has 0 radical (unpaired) electrons. The molecule has 0 spiro atoms. The van der Waals surface area contributed by atoms with Crippen LogP contribution in [0.25, 0.3) is 11.5 Å². The molecule has 3 rings (SSSR count). The summed E-state index contributed by atoms with van der Waals surface area (Å²) < 4.78 is 5.84. The number of anilines is 1. The van der Waals surface area contributed by atoms with E-state index < -0.39 is 0 Å². The third-order valence-corrected chi connectivity index (χ3v) is 5.18. The van der Waals surface area contributed by atoms with Crippen molar-refractivity contribution in [3.8, 4) is 11.5 Å². The minimum atomic E-state index is 0.163. The van der Waals surface area contributed by atoms with Gasteiger partial charge in [0, 0.05) is 22.3 Å². The molecule has 5 nitrogen and oxygen atoms in total. The Morgan fingerprint density at radius 3 is 2.54 bits per heavy atom. The van der Waals surface area contributed by atoms with Crippen LogP contribution < -0.4 is 5.32 Å². The molecule has 0 aliphatic heterocycles. The molecule has 0 aliphatic rings. The molecule has 28 heavy (non-hydrogen) atoms. The van der Waals surface area contributed by atoms with E-state index in [1.165, 1.54) is 11.1 Å². The van der Waals surface area contributed by atoms with E-state index in [-0.39, 0.29) is 6.04 Å². The summed E-state index contributed by atoms with van der Waals surface area (Å²) in [6, 6.07) is 13.6. The lowest BCUT2D eigenvalue weighted by Crippen LogP contribution is -2.39. The molecule has 3 aromatic rings. The number of benzene rings is 2. The Bertz CT molecular complexity index is 969. The predicted molar refractivity (Wildman–Crippen MR) is 118 cm³/mol. The van der Waals surface area contributed by atoms with E-state index in [2.05, 4.69) is 49.3 Å². The van der Waals surface area contributed by atoms with Crippen molar-refractivity contribution in [2.75, 3.05) is 5.32 Å². The van der Waals surface area contributed by atoms with E-state index in [4.69, 9.17) is 28.2 Å². The van der Waals surface area contributed by atoms with E-state index in [0.29, 0.717) is 28.5 Å². The summed E-state index contributed by atoms with van der Waals surface area (Å²) in [6.07, 6.45) is 0. The van der Waals surface area contributed by atoms with Gasteiger partial charge in [-0.05, 0) is 81.4 Å². The van der Waals surface area contributed by atoms with Gasteiger partial charge in [0.1, 0.15) is 0 Å². The van der Waals surface area contributed by atoms with Crippen LogP contribution in [-0.2, 0) is 6.54 Å². The Hall–Kier alpha value is -2.44. The van der Waals surface area contributed by atoms with Crippen molar-refractivity contribution in [1.82, 2.24) is 15.1 Å². The Balaban J connectivity index is 1.75. The molecule has 0 unspecified atom stereocenters. The molecule has 7 heteroatoms. The van der Waals surface area contributed by atoms with E-state index in [9.17, 15) is 0 Å². The number of aromatic nitrogens is 2. The van der Waals surface area contributed by atoms with Gasteiger partial charge >= 0.3 is 0 Å². The SMILES string of the molecule is Cc1cccc(NC(=S)N(Cc2nnc(-c3ccc(Cl)cc3)o2)C(C)C)c1C. The van der Waals surface area contributed by atoms with Gasteiger partial charge in [0.05, 0.1) is 6.54 Å². The summed E-state index contributed by atoms with van der Waals surface area (Å²) in [5, 5.41) is 13.0. The Kier molecular flexibility index (Phi) is 6.31. The Labute approximate surface area is 175 Å². The van der Waals surface area contributed by atoms with E-state index in [0.717, 1.165) is 11.3 Å². The minimum Gasteiger partial charge on any atom is -0.419 e. The number of hydrogen-bond donors (Lipinski definition) is 1. The highest BCUT2D eigenvalue weighted by Gasteiger charge is 2.19. The second-order valence-corrected chi connectivity index (χ2v) is 7.73. The van der Waals surface area contributed by atoms with Crippen LogP contribution in [0.2, 0.25) is 5.02 Å². The summed E-state index contributed by atoms with van der Waals surface area (Å²) in [6.45, 7) is 8.74. The number of nitrogens with zero attached hydrogens (tertiary/aromatic N) is 3. The van der Waals surface area contributed by atoms with Crippen LogP contribution in [0, 0.1) is 13.8 Å². The quantitative estimate of drug-likeness (QED) is 0.547. The number of nitrogens with one attached hydrogen (secondary N) is 1. The molecule has 0 bridgehead atoms. The van der Waals surface area contributed by atoms with Crippen molar-refractivity contribution in [3.63, 3.8) is 0 Å². The van der Waals surface area contributed by atoms with Gasteiger partial charge in [-0.1, -0.05) is 23.7 Å². The molecule has 0 atom stereocenters. The van der Waals surface area contributed by atoms with E-state index in [1.54, 1.807) is 12.1 Å². The summed E-state index contributed by atoms with van der Waals surface area (Å²) in [5.74, 6) is 0.965. The molecule has 1 N–H and O–H groups in total. The maximum atomic E-state index is 5.94. The average Bonchev–Trinajstić information content (AvgIpc) is 3.12. The third kappa shape index (κ3) is 4.69. The van der Waals surface area contributed by atoms with Crippen LogP contribution in [0.1, 0.15) is 30.9 Å². The minimum absolute atomic E-state index is 0.163. The van der Waals surface area contributed by atoms with Gasteiger partial charge in [-0.2, -0.15) is 0 Å². The fourth-order valence-corrected chi connectivity index (χ4v) is 3.25. The molecule has 1 heterocycles. The number of rotatable bonds is 5. The first-order valence-corrected chi connectivity index (χ1v) is 9.86. The van der Waals surface area contributed by atoms with Gasteiger partial charge in [0.15, 0.2) is 5.11 Å². The first kappa shape index (κ1) is 20.3. The molecule has 0 saturated carbocycles. The standard InChI is InChI=1S/C21H23ClN4OS/c1-13(2)26(21(28)23-18-7-5-6-14(3)15(18)4)12-19-24-25-20(27-19)16-8-10-17(22)11-9-16/h5-11,13H,12H2,1-4H3,(H,23,28). The highest BCUT2D eigenvalue weighted by Crippen LogP contribution is 2.22. The van der Waals surface area contributed by atoms with Crippen LogP contribution in [0.3, 0.4) is 0 Å². The average molecular weight is 415 g/mol. The molecular weight excluding hydrogens is 392 g/mol. The monoisotopic (exact) mass is 414 g/mol. The lowest BCUT2D eigenvalue weighted by atomic mass is 10.1. The van der Waals surface area contributed by atoms with E-state index in [1.807, 2.05) is 29.2 Å². The van der Waals surface area contributed by atoms with E-state index >= 15 is 0 Å². The Morgan fingerprint density at radius 2 is 1.86 bits per heavy atom. The third-order valence-electron chi connectivity index (χ3n) is 4.59. The van der Waals surface area contributed by atoms with Gasteiger partial charge in [-0.3, -0.25) is 0 Å². The first-order chi connectivity index (χ1) is 13.3. The fourth-order valence-electron chi connectivity index (χ4n) is 2.73. The summed E-state index contributed by atoms with van der Waals surface area (Å²) in [4.78, 5) is 2.02. The zero-order valence-corrected chi connectivity index (χ0v) is 17.9. The molecule has 0 saturated heterocycles. The number of aryl methyl sites for hydroxylation is 1. The zero-order valence-electron chi connectivity index (χ0n) is 16.4. The lowest BCUT2D eigenvalue weighted by Gasteiger charge is -2.28. The summed E-state index contributed by atoms with van der Waals surface area (Å²) >= 11 is 11.6. The summed E-state index contributed by atoms with van der Waals surface area (Å²) in [7, 11) is 0. The van der Waals surface area contributed by atoms with Gasteiger partial charge in [0.25, 0.3) is 0 Å². The Morgan fingerprint density at radius 1 is 1.14 bits per heavy atom. The predicted octanol–water partition coefficient (Wildman–Crippen LogP) is 5.61. The maximum absolute atomic E-state index is 5.94. The van der Waals surface area contributed by atoms with Crippen molar-refractivity contribution in [1.29, 1.82) is 0 Å². The van der Waals surface area contributed by atoms with Crippen LogP contribution in [0.4, 0.5) is 5.69 Å². The molecule has 2 aromatic carbocycles. The van der Waals surface area contributed by atoms with Crippen LogP contribution >= 0.6 is 23.8 Å². The van der Waals surface area contributed by atoms with Crippen molar-refractivity contribution in [2.24, 2.45) is 0 Å². The lowest BCUT2D eigenvalue weighted by molar-refractivity contribution is 0.309. The normalized spacial score (nSPS) is 10.9. The second kappa shape index (κ2) is 8.71. The van der Waals surface area contributed by atoms with Crippen molar-refractivity contribution >= 4 is 34.6 Å². The topological polar surface area (TPSA) is 54.2 Å². The highest BCUT2D eigenvalue weighted by molar-refractivity contribution is 7.80. The first-order valence-electron chi connectivity index (χ1n) is 9.07. The van der Waals surface area contributed by atoms with Crippen LogP contribution in [0.5, 0.6) is 0 Å². The van der Waals surface area contributed by atoms with Crippen LogP contribution in [0.15, 0.2) is 46.9 Å². The number of halogens is 1. The molecule has 0 amide bonds. The molecule has 0 aliphatic carbocycles.